The number of fused-ring (bicyclic) bond motifs is 1. The van der Waals surface area contributed by atoms with Crippen LogP contribution in [0.4, 0.5) is 5.82 Å². The molecule has 3 aromatic heterocycles. The summed E-state index contributed by atoms with van der Waals surface area (Å²) in [5, 5.41) is 12.0. The number of H-pyrrole nitrogens is 1. The zero-order valence-electron chi connectivity index (χ0n) is 10.1. The van der Waals surface area contributed by atoms with Crippen LogP contribution in [0.1, 0.15) is 15.6 Å². The molecule has 6 nitrogen and oxygen atoms in total. The lowest BCUT2D eigenvalue weighted by Crippen LogP contribution is -2.03. The summed E-state index contributed by atoms with van der Waals surface area (Å²) in [5.41, 5.74) is 1.80. The molecule has 0 amide bonds. The van der Waals surface area contributed by atoms with Crippen molar-refractivity contribution in [1.29, 1.82) is 0 Å². The van der Waals surface area contributed by atoms with E-state index >= 15 is 0 Å². The van der Waals surface area contributed by atoms with Crippen molar-refractivity contribution in [2.75, 3.05) is 5.32 Å². The van der Waals surface area contributed by atoms with Crippen LogP contribution in [-0.2, 0) is 6.54 Å². The monoisotopic (exact) mass is 260 g/mol. The first-order valence-electron chi connectivity index (χ1n) is 5.55. The second kappa shape index (κ2) is 4.34. The molecule has 0 atom stereocenters. The third-order valence-corrected chi connectivity index (χ3v) is 3.60. The molecule has 0 radical (unpaired) electrons. The van der Waals surface area contributed by atoms with E-state index in [4.69, 9.17) is 0 Å². The van der Waals surface area contributed by atoms with Crippen LogP contribution in [0.5, 0.6) is 0 Å². The van der Waals surface area contributed by atoms with Gasteiger partial charge in [0.25, 0.3) is 0 Å². The van der Waals surface area contributed by atoms with Gasteiger partial charge in [-0.1, -0.05) is 0 Å². The molecule has 92 valence electrons. The molecule has 0 unspecified atom stereocenters. The summed E-state index contributed by atoms with van der Waals surface area (Å²) < 4.78 is 0. The largest absolute Gasteiger partial charge is 0.364 e. The Labute approximate surface area is 108 Å². The number of nitrogens with zero attached hydrogens (tertiary/aromatic N) is 4. The maximum atomic E-state index is 4.48. The third-order valence-electron chi connectivity index (χ3n) is 2.67. The molecule has 18 heavy (non-hydrogen) atoms. The first-order valence-corrected chi connectivity index (χ1v) is 6.36. The van der Waals surface area contributed by atoms with Crippen molar-refractivity contribution >= 4 is 28.2 Å². The number of hydrogen-bond acceptors (Lipinski definition) is 6. The van der Waals surface area contributed by atoms with Gasteiger partial charge in [0, 0.05) is 4.88 Å². The smallest absolute Gasteiger partial charge is 0.160 e. The maximum absolute atomic E-state index is 4.48. The van der Waals surface area contributed by atoms with Gasteiger partial charge < -0.3 is 5.32 Å². The van der Waals surface area contributed by atoms with Gasteiger partial charge in [0.2, 0.25) is 0 Å². The zero-order valence-corrected chi connectivity index (χ0v) is 10.9. The molecule has 0 fully saturated rings. The van der Waals surface area contributed by atoms with E-state index in [1.807, 2.05) is 6.92 Å². The highest BCUT2D eigenvalue weighted by Gasteiger charge is 2.08. The summed E-state index contributed by atoms with van der Waals surface area (Å²) in [6.07, 6.45) is 3.23. The maximum Gasteiger partial charge on any atom is 0.160 e. The number of aromatic nitrogens is 5. The van der Waals surface area contributed by atoms with E-state index in [0.29, 0.717) is 6.54 Å². The molecule has 0 aliphatic carbocycles. The van der Waals surface area contributed by atoms with Gasteiger partial charge in [0.1, 0.15) is 12.1 Å². The Morgan fingerprint density at radius 3 is 3.00 bits per heavy atom. The highest BCUT2D eigenvalue weighted by molar-refractivity contribution is 7.11. The van der Waals surface area contributed by atoms with Crippen LogP contribution < -0.4 is 5.32 Å². The van der Waals surface area contributed by atoms with E-state index in [1.54, 1.807) is 17.5 Å². The molecular formula is C11H12N6S. The molecule has 0 aliphatic heterocycles. The van der Waals surface area contributed by atoms with E-state index in [-0.39, 0.29) is 0 Å². The van der Waals surface area contributed by atoms with Crippen LogP contribution >= 0.6 is 11.3 Å². The Balaban J connectivity index is 1.85. The fraction of sp³-hybridized carbons (Fsp3) is 0.273. The number of aromatic amines is 1. The van der Waals surface area contributed by atoms with Crippen molar-refractivity contribution in [3.05, 3.63) is 28.1 Å². The second-order valence-corrected chi connectivity index (χ2v) is 5.35. The Hall–Kier alpha value is -2.02. The van der Waals surface area contributed by atoms with E-state index in [1.165, 1.54) is 11.2 Å². The van der Waals surface area contributed by atoms with Gasteiger partial charge in [-0.05, 0) is 13.8 Å². The first-order chi connectivity index (χ1) is 8.74. The number of aryl methyl sites for hydroxylation is 2. The van der Waals surface area contributed by atoms with Gasteiger partial charge in [0.05, 0.1) is 28.8 Å². The van der Waals surface area contributed by atoms with Crippen LogP contribution in [-0.4, -0.2) is 25.1 Å². The van der Waals surface area contributed by atoms with Crippen molar-refractivity contribution < 1.29 is 0 Å². The number of anilines is 1. The molecule has 0 saturated carbocycles. The summed E-state index contributed by atoms with van der Waals surface area (Å²) in [6.45, 7) is 4.75. The van der Waals surface area contributed by atoms with Gasteiger partial charge in [-0.25, -0.2) is 15.0 Å². The molecule has 0 saturated heterocycles. The fourth-order valence-electron chi connectivity index (χ4n) is 1.81. The lowest BCUT2D eigenvalue weighted by Gasteiger charge is -2.04. The summed E-state index contributed by atoms with van der Waals surface area (Å²) >= 11 is 1.71. The summed E-state index contributed by atoms with van der Waals surface area (Å²) in [7, 11) is 0. The Kier molecular flexibility index (Phi) is 2.67. The molecule has 0 spiro atoms. The lowest BCUT2D eigenvalue weighted by atomic mass is 10.3. The van der Waals surface area contributed by atoms with Crippen molar-refractivity contribution in [2.24, 2.45) is 0 Å². The van der Waals surface area contributed by atoms with Crippen molar-refractivity contribution in [3.63, 3.8) is 0 Å². The number of thiazole rings is 1. The molecule has 0 aromatic carbocycles. The predicted octanol–water partition coefficient (Wildman–Crippen LogP) is 2.04. The number of nitrogens with one attached hydrogen (secondary N) is 2. The van der Waals surface area contributed by atoms with Crippen LogP contribution in [0.15, 0.2) is 12.5 Å². The quantitative estimate of drug-likeness (QED) is 0.753. The molecular weight excluding hydrogens is 248 g/mol. The van der Waals surface area contributed by atoms with Crippen molar-refractivity contribution in [2.45, 2.75) is 20.4 Å². The van der Waals surface area contributed by atoms with E-state index in [0.717, 1.165) is 27.6 Å². The predicted molar refractivity (Wildman–Crippen MR) is 70.6 cm³/mol. The number of hydrogen-bond donors (Lipinski definition) is 2. The molecule has 3 rings (SSSR count). The minimum Gasteiger partial charge on any atom is -0.364 e. The van der Waals surface area contributed by atoms with Crippen molar-refractivity contribution in [3.8, 4) is 0 Å². The topological polar surface area (TPSA) is 79.4 Å². The summed E-state index contributed by atoms with van der Waals surface area (Å²) in [6, 6.07) is 0. The second-order valence-electron chi connectivity index (χ2n) is 3.94. The highest BCUT2D eigenvalue weighted by Crippen LogP contribution is 2.20. The lowest BCUT2D eigenvalue weighted by molar-refractivity contribution is 1.02. The summed E-state index contributed by atoms with van der Waals surface area (Å²) in [4.78, 5) is 14.0. The van der Waals surface area contributed by atoms with Gasteiger partial charge in [-0.2, -0.15) is 5.10 Å². The number of rotatable bonds is 3. The minimum absolute atomic E-state index is 0.660. The molecule has 0 aliphatic rings. The van der Waals surface area contributed by atoms with E-state index in [2.05, 4.69) is 37.4 Å². The highest BCUT2D eigenvalue weighted by atomic mass is 32.1. The van der Waals surface area contributed by atoms with Crippen LogP contribution in [0.25, 0.3) is 11.0 Å². The molecule has 2 N–H and O–H groups in total. The van der Waals surface area contributed by atoms with E-state index in [9.17, 15) is 0 Å². The average molecular weight is 260 g/mol. The Morgan fingerprint density at radius 1 is 1.33 bits per heavy atom. The van der Waals surface area contributed by atoms with Gasteiger partial charge in [-0.15, -0.1) is 11.3 Å². The molecule has 3 heterocycles. The third kappa shape index (κ3) is 1.92. The average Bonchev–Trinajstić information content (AvgIpc) is 2.93. The standard InChI is InChI=1S/C11H12N6S/c1-6-9(16-7(2)18-6)4-12-10-8-3-15-17-11(8)14-5-13-10/h3,5H,4H2,1-2H3,(H2,12,13,14,15,17). The SMILES string of the molecule is Cc1nc(CNc2ncnc3[nH]ncc23)c(C)s1. The Morgan fingerprint density at radius 2 is 2.22 bits per heavy atom. The van der Waals surface area contributed by atoms with Crippen LogP contribution in [0.3, 0.4) is 0 Å². The summed E-state index contributed by atoms with van der Waals surface area (Å²) in [5.74, 6) is 0.777. The van der Waals surface area contributed by atoms with Gasteiger partial charge >= 0.3 is 0 Å². The van der Waals surface area contributed by atoms with Crippen LogP contribution in [0.2, 0.25) is 0 Å². The molecule has 7 heteroatoms. The molecule has 3 aromatic rings. The van der Waals surface area contributed by atoms with Gasteiger partial charge in [-0.3, -0.25) is 5.10 Å². The first kappa shape index (κ1) is 11.1. The van der Waals surface area contributed by atoms with Crippen LogP contribution in [0, 0.1) is 13.8 Å². The van der Waals surface area contributed by atoms with Gasteiger partial charge in [0.15, 0.2) is 5.65 Å². The Bertz CT molecular complexity index is 686. The van der Waals surface area contributed by atoms with E-state index < -0.39 is 0 Å². The zero-order chi connectivity index (χ0) is 12.5. The normalized spacial score (nSPS) is 11.0. The van der Waals surface area contributed by atoms with Crippen molar-refractivity contribution in [1.82, 2.24) is 25.1 Å². The minimum atomic E-state index is 0.660. The fourth-order valence-corrected chi connectivity index (χ4v) is 2.64. The molecule has 0 bridgehead atoms.